The van der Waals surface area contributed by atoms with Gasteiger partial charge in [0.25, 0.3) is 0 Å². The number of benzene rings is 1. The quantitative estimate of drug-likeness (QED) is 0.0307. The molecular weight excluding hydrogens is 717 g/mol. The molecule has 0 saturated carbocycles. The third-order valence-electron chi connectivity index (χ3n) is 10.9. The van der Waals surface area contributed by atoms with Crippen LogP contribution in [0.1, 0.15) is 124 Å². The minimum atomic E-state index is -2.50. The number of aliphatic carboxylic acids is 1. The molecule has 310 valence electrons. The first kappa shape index (κ1) is 47.9. The number of carbonyl (C=O) groups is 3. The van der Waals surface area contributed by atoms with Crippen LogP contribution < -0.4 is 15.8 Å². The lowest BCUT2D eigenvalue weighted by Gasteiger charge is -2.37. The molecule has 1 fully saturated rings. The number of hydrogen-bond donors (Lipinski definition) is 4. The largest absolute Gasteiger partial charge is 0.481 e. The van der Waals surface area contributed by atoms with Crippen LogP contribution in [0.4, 0.5) is 0 Å². The summed E-state index contributed by atoms with van der Waals surface area (Å²) in [5.74, 6) is 1.05. The molecule has 5 N–H and O–H groups in total. The molecule has 1 aromatic rings. The van der Waals surface area contributed by atoms with Crippen molar-refractivity contribution in [3.05, 3.63) is 42.0 Å². The number of carboxylic acid groups (broad SMARTS) is 1. The molecule has 3 atom stereocenters. The monoisotopic (exact) mass is 786 g/mol. The first-order valence-electron chi connectivity index (χ1n) is 20.3. The summed E-state index contributed by atoms with van der Waals surface area (Å²) in [5.41, 5.74) is 3.93. The number of rotatable bonds is 27. The Morgan fingerprint density at radius 1 is 1.00 bits per heavy atom. The van der Waals surface area contributed by atoms with Gasteiger partial charge in [-0.05, 0) is 68.4 Å². The average molecular weight is 787 g/mol. The molecule has 1 aliphatic rings. The predicted molar refractivity (Wildman–Crippen MR) is 219 cm³/mol. The molecule has 2 amide bonds. The predicted octanol–water partition coefficient (Wildman–Crippen LogP) is 7.45. The summed E-state index contributed by atoms with van der Waals surface area (Å²) in [6.07, 6.45) is 15.0. The molecule has 0 spiro atoms. The van der Waals surface area contributed by atoms with Crippen molar-refractivity contribution in [3.63, 3.8) is 0 Å². The van der Waals surface area contributed by atoms with Gasteiger partial charge in [-0.15, -0.1) is 5.92 Å². The summed E-state index contributed by atoms with van der Waals surface area (Å²) in [5, 5.41) is 24.6. The van der Waals surface area contributed by atoms with Gasteiger partial charge in [0.05, 0.1) is 19.1 Å². The minimum Gasteiger partial charge on any atom is -0.481 e. The molecule has 0 unspecified atom stereocenters. The molecule has 11 nitrogen and oxygen atoms in total. The Bertz CT molecular complexity index is 1410. The molecule has 1 aromatic carbocycles. The highest BCUT2D eigenvalue weighted by Gasteiger charge is 2.48. The number of hydrogen-bond acceptors (Lipinski definition) is 8. The SMILES string of the molecule is CC#CCOc1ccc(C[C@H](NC(=O)[C@@H](C=CCCCCCCC2(CCCCCCC)OCCO2)[C@@](O)(CCO[Si](C)(C)C(C)(C)C)C(=O)O)C(N)=O)cc1. The maximum absolute atomic E-state index is 13.9. The Morgan fingerprint density at radius 3 is 2.15 bits per heavy atom. The van der Waals surface area contributed by atoms with Crippen LogP contribution in [-0.4, -0.2) is 80.2 Å². The molecular formula is C43H70N2O9Si. The fourth-order valence-corrected chi connectivity index (χ4v) is 7.37. The molecule has 0 aromatic heterocycles. The topological polar surface area (TPSA) is 167 Å². The van der Waals surface area contributed by atoms with E-state index in [4.69, 9.17) is 24.4 Å². The van der Waals surface area contributed by atoms with Crippen LogP contribution in [0, 0.1) is 17.8 Å². The van der Waals surface area contributed by atoms with Crippen molar-refractivity contribution in [3.8, 4) is 17.6 Å². The second kappa shape index (κ2) is 23.8. The van der Waals surface area contributed by atoms with Gasteiger partial charge in [-0.2, -0.15) is 0 Å². The molecule has 2 rings (SSSR count). The molecule has 0 bridgehead atoms. The number of nitrogens with two attached hydrogens (primary N) is 1. The fraction of sp³-hybridized carbons (Fsp3) is 0.698. The van der Waals surface area contributed by atoms with Crippen LogP contribution >= 0.6 is 0 Å². The average Bonchev–Trinajstić information content (AvgIpc) is 3.59. The zero-order valence-electron chi connectivity index (χ0n) is 34.7. The first-order valence-corrected chi connectivity index (χ1v) is 23.2. The molecule has 0 aliphatic carbocycles. The van der Waals surface area contributed by atoms with E-state index in [1.807, 2.05) is 13.1 Å². The molecule has 55 heavy (non-hydrogen) atoms. The van der Waals surface area contributed by atoms with Gasteiger partial charge in [-0.25, -0.2) is 4.79 Å². The fourth-order valence-electron chi connectivity index (χ4n) is 6.32. The Balaban J connectivity index is 2.13. The Hall–Kier alpha value is -3.21. The van der Waals surface area contributed by atoms with E-state index in [1.54, 1.807) is 37.3 Å². The Morgan fingerprint density at radius 2 is 1.60 bits per heavy atom. The number of carbonyl (C=O) groups excluding carboxylic acids is 2. The first-order chi connectivity index (χ1) is 26.0. The molecule has 0 radical (unpaired) electrons. The zero-order chi connectivity index (χ0) is 41.0. The van der Waals surface area contributed by atoms with Crippen molar-refractivity contribution in [1.29, 1.82) is 0 Å². The van der Waals surface area contributed by atoms with Gasteiger partial charge in [0.2, 0.25) is 11.8 Å². The number of amides is 2. The van der Waals surface area contributed by atoms with E-state index in [0.717, 1.165) is 44.9 Å². The van der Waals surface area contributed by atoms with Crippen LogP contribution in [0.25, 0.3) is 0 Å². The van der Waals surface area contributed by atoms with E-state index in [-0.39, 0.29) is 31.1 Å². The highest BCUT2D eigenvalue weighted by Crippen LogP contribution is 2.37. The number of allylic oxidation sites excluding steroid dienone is 1. The number of ether oxygens (including phenoxy) is 3. The van der Waals surface area contributed by atoms with Gasteiger partial charge in [0.1, 0.15) is 18.4 Å². The summed E-state index contributed by atoms with van der Waals surface area (Å²) in [7, 11) is -2.29. The summed E-state index contributed by atoms with van der Waals surface area (Å²) < 4.78 is 23.9. The maximum Gasteiger partial charge on any atom is 0.336 e. The lowest BCUT2D eigenvalue weighted by atomic mass is 9.83. The third-order valence-corrected chi connectivity index (χ3v) is 15.5. The van der Waals surface area contributed by atoms with Crippen LogP contribution in [0.15, 0.2) is 36.4 Å². The van der Waals surface area contributed by atoms with Gasteiger partial charge in [0.15, 0.2) is 19.7 Å². The number of primary amides is 1. The Kier molecular flexibility index (Phi) is 20.7. The van der Waals surface area contributed by atoms with Crippen molar-refractivity contribution in [2.45, 2.75) is 160 Å². The van der Waals surface area contributed by atoms with Crippen molar-refractivity contribution >= 4 is 26.1 Å². The van der Waals surface area contributed by atoms with E-state index in [2.05, 4.69) is 44.9 Å². The number of nitrogens with one attached hydrogen (secondary N) is 1. The second-order valence-corrected chi connectivity index (χ2v) is 21.1. The number of aliphatic hydroxyl groups is 1. The van der Waals surface area contributed by atoms with Crippen molar-refractivity contribution in [2.75, 3.05) is 26.4 Å². The van der Waals surface area contributed by atoms with E-state index in [9.17, 15) is 24.6 Å². The van der Waals surface area contributed by atoms with Crippen molar-refractivity contribution < 1.29 is 43.2 Å². The van der Waals surface area contributed by atoms with Gasteiger partial charge >= 0.3 is 5.97 Å². The van der Waals surface area contributed by atoms with Gasteiger partial charge in [0, 0.05) is 32.3 Å². The third kappa shape index (κ3) is 16.4. The molecule has 1 heterocycles. The summed E-state index contributed by atoms with van der Waals surface area (Å²) in [6.45, 7) is 15.7. The van der Waals surface area contributed by atoms with Crippen LogP contribution in [0.5, 0.6) is 5.75 Å². The lowest BCUT2D eigenvalue weighted by molar-refractivity contribution is -0.168. The Labute approximate surface area is 331 Å². The molecule has 1 aliphatic heterocycles. The van der Waals surface area contributed by atoms with E-state index in [1.165, 1.54) is 31.8 Å². The van der Waals surface area contributed by atoms with Crippen LogP contribution in [0.2, 0.25) is 18.1 Å². The van der Waals surface area contributed by atoms with E-state index in [0.29, 0.717) is 30.9 Å². The lowest BCUT2D eigenvalue weighted by Crippen LogP contribution is -2.56. The van der Waals surface area contributed by atoms with Gasteiger partial charge in [-0.1, -0.05) is 96.4 Å². The molecule has 12 heteroatoms. The maximum atomic E-state index is 13.9. The number of carboxylic acids is 1. The smallest absolute Gasteiger partial charge is 0.336 e. The standard InChI is InChI=1S/C43H70N2O9Si/c1-8-10-12-16-19-26-42(52-31-32-53-42)27-20-17-14-13-15-18-21-36(43(50,40(48)49)28-30-54-55(6,7)41(3,4)5)39(47)45-37(38(44)46)33-34-22-24-35(25-23-34)51-29-11-9-2/h18,21-25,36-37,50H,8,10,12-17,19-20,26-33H2,1-7H3,(H2,44,46)(H,45,47)(H,48,49)/t36-,37+,43+/m1/s1. The van der Waals surface area contributed by atoms with Gasteiger partial charge < -0.3 is 39.9 Å². The van der Waals surface area contributed by atoms with Crippen LogP contribution in [-0.2, 0) is 34.7 Å². The number of unbranched alkanes of at least 4 members (excludes halogenated alkanes) is 8. The van der Waals surface area contributed by atoms with Gasteiger partial charge in [-0.3, -0.25) is 9.59 Å². The molecule has 1 saturated heterocycles. The van der Waals surface area contributed by atoms with Crippen LogP contribution in [0.3, 0.4) is 0 Å². The highest BCUT2D eigenvalue weighted by molar-refractivity contribution is 6.74. The normalized spacial score (nSPS) is 16.5. The highest BCUT2D eigenvalue weighted by atomic mass is 28.4. The minimum absolute atomic E-state index is 0.0535. The zero-order valence-corrected chi connectivity index (χ0v) is 35.7. The second-order valence-electron chi connectivity index (χ2n) is 16.2. The van der Waals surface area contributed by atoms with Crippen molar-refractivity contribution in [1.82, 2.24) is 5.32 Å². The summed E-state index contributed by atoms with van der Waals surface area (Å²) in [6, 6.07) is 5.81. The summed E-state index contributed by atoms with van der Waals surface area (Å²) >= 11 is 0. The summed E-state index contributed by atoms with van der Waals surface area (Å²) in [4.78, 5) is 39.3. The van der Waals surface area contributed by atoms with E-state index < -0.39 is 49.4 Å². The van der Waals surface area contributed by atoms with E-state index >= 15 is 0 Å². The van der Waals surface area contributed by atoms with Crippen molar-refractivity contribution in [2.24, 2.45) is 11.7 Å².